The van der Waals surface area contributed by atoms with Gasteiger partial charge in [0.05, 0.1) is 7.11 Å². The first-order chi connectivity index (χ1) is 6.60. The largest absolute Gasteiger partial charge is 0.497 e. The van der Waals surface area contributed by atoms with E-state index >= 15 is 0 Å². The van der Waals surface area contributed by atoms with Gasteiger partial charge in [0.25, 0.3) is 0 Å². The van der Waals surface area contributed by atoms with E-state index in [0.717, 1.165) is 10.2 Å². The maximum atomic E-state index is 5.66. The molecule has 0 fully saturated rings. The summed E-state index contributed by atoms with van der Waals surface area (Å²) in [5.74, 6) is 1.24. The van der Waals surface area contributed by atoms with Gasteiger partial charge in [-0.15, -0.1) is 0 Å². The molecule has 0 amide bonds. The molecule has 1 aromatic rings. The van der Waals surface area contributed by atoms with Gasteiger partial charge >= 0.3 is 0 Å². The smallest absolute Gasteiger partial charge is 0.120 e. The summed E-state index contributed by atoms with van der Waals surface area (Å²) >= 11 is 3.51. The van der Waals surface area contributed by atoms with E-state index in [1.165, 1.54) is 11.1 Å². The molecule has 0 radical (unpaired) electrons. The van der Waals surface area contributed by atoms with E-state index in [9.17, 15) is 0 Å². The minimum Gasteiger partial charge on any atom is -0.497 e. The van der Waals surface area contributed by atoms with E-state index in [-0.39, 0.29) is 0 Å². The monoisotopic (exact) mass is 257 g/mol. The van der Waals surface area contributed by atoms with Crippen LogP contribution in [0.1, 0.15) is 24.0 Å². The van der Waals surface area contributed by atoms with E-state index in [2.05, 4.69) is 35.8 Å². The van der Waals surface area contributed by atoms with Crippen molar-refractivity contribution >= 4 is 15.9 Å². The molecule has 2 nitrogen and oxygen atoms in total. The molecular weight excluding hydrogens is 242 g/mol. The van der Waals surface area contributed by atoms with Gasteiger partial charge in [-0.1, -0.05) is 22.9 Å². The van der Waals surface area contributed by atoms with Crippen LogP contribution in [0.3, 0.4) is 0 Å². The van der Waals surface area contributed by atoms with Gasteiger partial charge in [-0.25, -0.2) is 0 Å². The Hall–Kier alpha value is -0.540. The standard InChI is InChI=1S/C11H16BrNO/c1-7(6-13)10-4-9(14-3)5-11(12)8(10)2/h4-5,7H,6,13H2,1-3H3. The number of benzene rings is 1. The summed E-state index contributed by atoms with van der Waals surface area (Å²) in [6.45, 7) is 4.86. The van der Waals surface area contributed by atoms with Crippen molar-refractivity contribution in [3.05, 3.63) is 27.7 Å². The molecule has 1 unspecified atom stereocenters. The van der Waals surface area contributed by atoms with Crippen molar-refractivity contribution in [2.24, 2.45) is 5.73 Å². The van der Waals surface area contributed by atoms with Crippen molar-refractivity contribution in [1.29, 1.82) is 0 Å². The molecule has 0 aromatic heterocycles. The second-order valence-electron chi connectivity index (χ2n) is 3.46. The van der Waals surface area contributed by atoms with Crippen molar-refractivity contribution in [1.82, 2.24) is 0 Å². The van der Waals surface area contributed by atoms with Crippen molar-refractivity contribution in [3.63, 3.8) is 0 Å². The van der Waals surface area contributed by atoms with Crippen LogP contribution in [0.25, 0.3) is 0 Å². The molecule has 0 aliphatic rings. The van der Waals surface area contributed by atoms with Crippen LogP contribution in [0.2, 0.25) is 0 Å². The predicted octanol–water partition coefficient (Wildman–Crippen LogP) is 2.83. The van der Waals surface area contributed by atoms with Crippen molar-refractivity contribution in [3.8, 4) is 5.75 Å². The Labute approximate surface area is 93.6 Å². The van der Waals surface area contributed by atoms with Crippen LogP contribution in [0.15, 0.2) is 16.6 Å². The summed E-state index contributed by atoms with van der Waals surface area (Å²) in [5.41, 5.74) is 8.15. The third-order valence-corrected chi connectivity index (χ3v) is 3.30. The lowest BCUT2D eigenvalue weighted by molar-refractivity contribution is 0.413. The summed E-state index contributed by atoms with van der Waals surface area (Å²) in [7, 11) is 1.67. The Kier molecular flexibility index (Phi) is 3.96. The first-order valence-electron chi connectivity index (χ1n) is 4.64. The van der Waals surface area contributed by atoms with Gasteiger partial charge in [0.2, 0.25) is 0 Å². The number of methoxy groups -OCH3 is 1. The van der Waals surface area contributed by atoms with Gasteiger partial charge in [0.1, 0.15) is 5.75 Å². The van der Waals surface area contributed by atoms with E-state index in [0.29, 0.717) is 12.5 Å². The number of halogens is 1. The molecule has 0 aliphatic carbocycles. The van der Waals surface area contributed by atoms with E-state index in [4.69, 9.17) is 10.5 Å². The summed E-state index contributed by atoms with van der Waals surface area (Å²) in [6.07, 6.45) is 0. The summed E-state index contributed by atoms with van der Waals surface area (Å²) in [6, 6.07) is 4.03. The molecule has 0 heterocycles. The van der Waals surface area contributed by atoms with Gasteiger partial charge in [-0.3, -0.25) is 0 Å². The Bertz CT molecular complexity index is 325. The highest BCUT2D eigenvalue weighted by Gasteiger charge is 2.11. The molecule has 3 heteroatoms. The Balaban J connectivity index is 3.20. The van der Waals surface area contributed by atoms with Crippen LogP contribution in [0.4, 0.5) is 0 Å². The lowest BCUT2D eigenvalue weighted by atomic mass is 9.96. The van der Waals surface area contributed by atoms with E-state index in [1.54, 1.807) is 7.11 Å². The molecule has 0 spiro atoms. The van der Waals surface area contributed by atoms with Crippen molar-refractivity contribution < 1.29 is 4.74 Å². The molecule has 0 bridgehead atoms. The highest BCUT2D eigenvalue weighted by Crippen LogP contribution is 2.30. The van der Waals surface area contributed by atoms with Crippen LogP contribution >= 0.6 is 15.9 Å². The number of nitrogens with two attached hydrogens (primary N) is 1. The van der Waals surface area contributed by atoms with Crippen LogP contribution in [0.5, 0.6) is 5.75 Å². The Morgan fingerprint density at radius 2 is 2.14 bits per heavy atom. The number of hydrogen-bond donors (Lipinski definition) is 1. The highest BCUT2D eigenvalue weighted by molar-refractivity contribution is 9.10. The Morgan fingerprint density at radius 3 is 2.64 bits per heavy atom. The third kappa shape index (κ3) is 2.28. The molecular formula is C11H16BrNO. The fourth-order valence-electron chi connectivity index (χ4n) is 1.43. The maximum Gasteiger partial charge on any atom is 0.120 e. The Morgan fingerprint density at radius 1 is 1.50 bits per heavy atom. The topological polar surface area (TPSA) is 35.2 Å². The summed E-state index contributed by atoms with van der Waals surface area (Å²) in [5, 5.41) is 0. The molecule has 1 aromatic carbocycles. The van der Waals surface area contributed by atoms with E-state index in [1.807, 2.05) is 6.07 Å². The fraction of sp³-hybridized carbons (Fsp3) is 0.455. The molecule has 0 aliphatic heterocycles. The average Bonchev–Trinajstić information content (AvgIpc) is 2.20. The SMILES string of the molecule is COc1cc(Br)c(C)c(C(C)CN)c1. The van der Waals surface area contributed by atoms with Gasteiger partial charge in [0.15, 0.2) is 0 Å². The third-order valence-electron chi connectivity index (χ3n) is 2.48. The van der Waals surface area contributed by atoms with Crippen molar-refractivity contribution in [2.75, 3.05) is 13.7 Å². The summed E-state index contributed by atoms with van der Waals surface area (Å²) in [4.78, 5) is 0. The fourth-order valence-corrected chi connectivity index (χ4v) is 1.89. The maximum absolute atomic E-state index is 5.66. The normalized spacial score (nSPS) is 12.6. The molecule has 1 rings (SSSR count). The van der Waals surface area contributed by atoms with Crippen molar-refractivity contribution in [2.45, 2.75) is 19.8 Å². The number of hydrogen-bond acceptors (Lipinski definition) is 2. The molecule has 0 saturated heterocycles. The van der Waals surface area contributed by atoms with Gasteiger partial charge in [-0.05, 0) is 42.6 Å². The zero-order valence-corrected chi connectivity index (χ0v) is 10.4. The highest BCUT2D eigenvalue weighted by atomic mass is 79.9. The van der Waals surface area contributed by atoms with Gasteiger partial charge in [-0.2, -0.15) is 0 Å². The first kappa shape index (κ1) is 11.5. The molecule has 2 N–H and O–H groups in total. The van der Waals surface area contributed by atoms with E-state index < -0.39 is 0 Å². The van der Waals surface area contributed by atoms with Crippen LogP contribution in [0, 0.1) is 6.92 Å². The second-order valence-corrected chi connectivity index (χ2v) is 4.31. The lowest BCUT2D eigenvalue weighted by Crippen LogP contribution is -2.10. The minimum atomic E-state index is 0.362. The van der Waals surface area contributed by atoms with Crippen LogP contribution < -0.4 is 10.5 Å². The zero-order valence-electron chi connectivity index (χ0n) is 8.80. The number of ether oxygens (including phenoxy) is 1. The number of rotatable bonds is 3. The zero-order chi connectivity index (χ0) is 10.7. The molecule has 0 saturated carbocycles. The molecule has 14 heavy (non-hydrogen) atoms. The van der Waals surface area contributed by atoms with Crippen LogP contribution in [-0.2, 0) is 0 Å². The average molecular weight is 258 g/mol. The van der Waals surface area contributed by atoms with Gasteiger partial charge < -0.3 is 10.5 Å². The molecule has 78 valence electrons. The minimum absolute atomic E-state index is 0.362. The second kappa shape index (κ2) is 4.80. The van der Waals surface area contributed by atoms with Gasteiger partial charge in [0, 0.05) is 4.47 Å². The lowest BCUT2D eigenvalue weighted by Gasteiger charge is -2.15. The predicted molar refractivity (Wildman–Crippen MR) is 62.9 cm³/mol. The first-order valence-corrected chi connectivity index (χ1v) is 5.43. The summed E-state index contributed by atoms with van der Waals surface area (Å²) < 4.78 is 6.29. The molecule has 1 atom stereocenters. The van der Waals surface area contributed by atoms with Crippen LogP contribution in [-0.4, -0.2) is 13.7 Å². The quantitative estimate of drug-likeness (QED) is 0.904.